The molecule has 2 atom stereocenters. The molecule has 126 valence electrons. The van der Waals surface area contributed by atoms with Gasteiger partial charge in [-0.1, -0.05) is 49.8 Å². The van der Waals surface area contributed by atoms with Crippen LogP contribution in [0.15, 0.2) is 48.2 Å². The van der Waals surface area contributed by atoms with E-state index in [1.807, 2.05) is 12.3 Å². The molecule has 1 aliphatic carbocycles. The molecular weight excluding hydrogens is 296 g/mol. The molecule has 0 bridgehead atoms. The molecule has 1 amide bonds. The fourth-order valence-electron chi connectivity index (χ4n) is 3.65. The summed E-state index contributed by atoms with van der Waals surface area (Å²) in [7, 11) is 0. The highest BCUT2D eigenvalue weighted by molar-refractivity contribution is 5.84. The molecule has 1 fully saturated rings. The van der Waals surface area contributed by atoms with Crippen LogP contribution in [-0.2, 0) is 11.2 Å². The van der Waals surface area contributed by atoms with Crippen LogP contribution in [0.4, 0.5) is 0 Å². The fourth-order valence-corrected chi connectivity index (χ4v) is 3.65. The van der Waals surface area contributed by atoms with E-state index in [0.29, 0.717) is 12.5 Å². The van der Waals surface area contributed by atoms with Crippen LogP contribution in [0.3, 0.4) is 0 Å². The second-order valence-electron chi connectivity index (χ2n) is 7.60. The molecule has 2 unspecified atom stereocenters. The average molecular weight is 322 g/mol. The van der Waals surface area contributed by atoms with Crippen molar-refractivity contribution in [3.8, 4) is 0 Å². The minimum absolute atomic E-state index is 0.0718. The third-order valence-electron chi connectivity index (χ3n) is 5.12. The summed E-state index contributed by atoms with van der Waals surface area (Å²) in [5, 5.41) is 4.27. The predicted molar refractivity (Wildman–Crippen MR) is 98.6 cm³/mol. The number of benzene rings is 1. The van der Waals surface area contributed by atoms with Gasteiger partial charge >= 0.3 is 0 Å². The first kappa shape index (κ1) is 16.7. The Balaban J connectivity index is 1.61. The smallest absolute Gasteiger partial charge is 0.224 e. The third kappa shape index (κ3) is 3.21. The fraction of sp³-hybridized carbons (Fsp3) is 0.429. The van der Waals surface area contributed by atoms with E-state index in [4.69, 9.17) is 0 Å². The number of hydrogen-bond acceptors (Lipinski definition) is 2. The van der Waals surface area contributed by atoms with Crippen molar-refractivity contribution in [1.82, 2.24) is 10.3 Å². The van der Waals surface area contributed by atoms with Crippen molar-refractivity contribution in [3.05, 3.63) is 53.7 Å². The van der Waals surface area contributed by atoms with E-state index in [-0.39, 0.29) is 17.2 Å². The van der Waals surface area contributed by atoms with Gasteiger partial charge in [-0.3, -0.25) is 9.78 Å². The standard InChI is InChI=1S/C21H26N2O/c1-14(2)13-17-18(21(17,3)4)20(24)23-12-10-16-8-5-7-15-9-6-11-22-19(15)16/h5-9,11,13,17-18H,10,12H2,1-4H3,(H,23,24). The first-order chi connectivity index (χ1) is 11.4. The Hall–Kier alpha value is -2.16. The summed E-state index contributed by atoms with van der Waals surface area (Å²) in [4.78, 5) is 17.0. The summed E-state index contributed by atoms with van der Waals surface area (Å²) < 4.78 is 0. The summed E-state index contributed by atoms with van der Waals surface area (Å²) in [6.45, 7) is 9.20. The zero-order valence-corrected chi connectivity index (χ0v) is 15.0. The van der Waals surface area contributed by atoms with Crippen LogP contribution in [0.5, 0.6) is 0 Å². The molecule has 3 nitrogen and oxygen atoms in total. The quantitative estimate of drug-likeness (QED) is 0.841. The second kappa shape index (κ2) is 6.39. The van der Waals surface area contributed by atoms with E-state index in [1.54, 1.807) is 0 Å². The molecule has 3 rings (SSSR count). The summed E-state index contributed by atoms with van der Waals surface area (Å²) in [6, 6.07) is 10.2. The molecule has 3 heteroatoms. The van der Waals surface area contributed by atoms with Gasteiger partial charge in [0.05, 0.1) is 11.4 Å². The van der Waals surface area contributed by atoms with Crippen molar-refractivity contribution < 1.29 is 4.79 Å². The number of carbonyl (C=O) groups is 1. The van der Waals surface area contributed by atoms with Crippen LogP contribution in [-0.4, -0.2) is 17.4 Å². The maximum atomic E-state index is 12.5. The predicted octanol–water partition coefficient (Wildman–Crippen LogP) is 4.13. The molecule has 1 heterocycles. The third-order valence-corrected chi connectivity index (χ3v) is 5.12. The van der Waals surface area contributed by atoms with E-state index in [0.717, 1.165) is 17.3 Å². The number of rotatable bonds is 5. The Labute approximate surface area is 144 Å². The van der Waals surface area contributed by atoms with Gasteiger partial charge < -0.3 is 5.32 Å². The number of carbonyl (C=O) groups excluding carboxylic acids is 1. The van der Waals surface area contributed by atoms with Crippen molar-refractivity contribution >= 4 is 16.8 Å². The van der Waals surface area contributed by atoms with Crippen molar-refractivity contribution in [1.29, 1.82) is 0 Å². The van der Waals surface area contributed by atoms with E-state index in [9.17, 15) is 4.79 Å². The summed E-state index contributed by atoms with van der Waals surface area (Å²) in [6.07, 6.45) is 4.86. The molecule has 1 aromatic heterocycles. The summed E-state index contributed by atoms with van der Waals surface area (Å²) in [5.74, 6) is 0.635. The highest BCUT2D eigenvalue weighted by Gasteiger charge is 2.60. The average Bonchev–Trinajstić information content (AvgIpc) is 3.07. The Kier molecular flexibility index (Phi) is 4.44. The number of pyridine rings is 1. The zero-order valence-electron chi connectivity index (χ0n) is 15.0. The van der Waals surface area contributed by atoms with E-state index in [1.165, 1.54) is 11.1 Å². The highest BCUT2D eigenvalue weighted by atomic mass is 16.2. The lowest BCUT2D eigenvalue weighted by molar-refractivity contribution is -0.123. The SMILES string of the molecule is CC(C)=CC1C(C(=O)NCCc2cccc3cccnc23)C1(C)C. The lowest BCUT2D eigenvalue weighted by Gasteiger charge is -2.08. The molecule has 1 aromatic carbocycles. The molecule has 0 radical (unpaired) electrons. The monoisotopic (exact) mass is 322 g/mol. The van der Waals surface area contributed by atoms with Gasteiger partial charge in [0.2, 0.25) is 5.91 Å². The maximum Gasteiger partial charge on any atom is 0.224 e. The van der Waals surface area contributed by atoms with Gasteiger partial charge in [0.1, 0.15) is 0 Å². The Morgan fingerprint density at radius 1 is 1.25 bits per heavy atom. The molecule has 1 saturated carbocycles. The van der Waals surface area contributed by atoms with Crippen LogP contribution in [0.2, 0.25) is 0 Å². The molecular formula is C21H26N2O. The van der Waals surface area contributed by atoms with Gasteiger partial charge in [-0.2, -0.15) is 0 Å². The van der Waals surface area contributed by atoms with Crippen molar-refractivity contribution in [3.63, 3.8) is 0 Å². The van der Waals surface area contributed by atoms with Crippen LogP contribution >= 0.6 is 0 Å². The number of nitrogens with one attached hydrogen (secondary N) is 1. The largest absolute Gasteiger partial charge is 0.355 e. The Bertz CT molecular complexity index is 782. The number of allylic oxidation sites excluding steroid dienone is 2. The van der Waals surface area contributed by atoms with Crippen molar-refractivity contribution in [2.45, 2.75) is 34.1 Å². The summed E-state index contributed by atoms with van der Waals surface area (Å²) >= 11 is 0. The van der Waals surface area contributed by atoms with Crippen LogP contribution in [0.25, 0.3) is 10.9 Å². The first-order valence-electron chi connectivity index (χ1n) is 8.66. The number of aromatic nitrogens is 1. The number of fused-ring (bicyclic) bond motifs is 1. The minimum Gasteiger partial charge on any atom is -0.355 e. The Morgan fingerprint density at radius 2 is 2.00 bits per heavy atom. The van der Waals surface area contributed by atoms with Crippen LogP contribution in [0.1, 0.15) is 33.3 Å². The van der Waals surface area contributed by atoms with Gasteiger partial charge in [-0.25, -0.2) is 0 Å². The second-order valence-corrected chi connectivity index (χ2v) is 7.60. The van der Waals surface area contributed by atoms with Crippen LogP contribution in [0, 0.1) is 17.3 Å². The lowest BCUT2D eigenvalue weighted by atomic mass is 10.1. The molecule has 0 spiro atoms. The number of amides is 1. The van der Waals surface area contributed by atoms with Gasteiger partial charge in [0.15, 0.2) is 0 Å². The number of nitrogens with zero attached hydrogens (tertiary/aromatic N) is 1. The zero-order chi connectivity index (χ0) is 17.3. The van der Waals surface area contributed by atoms with Gasteiger partial charge in [0, 0.05) is 18.1 Å². The normalized spacial score (nSPS) is 21.3. The summed E-state index contributed by atoms with van der Waals surface area (Å²) in [5.41, 5.74) is 3.57. The Morgan fingerprint density at radius 3 is 2.75 bits per heavy atom. The maximum absolute atomic E-state index is 12.5. The van der Waals surface area contributed by atoms with Crippen LogP contribution < -0.4 is 5.32 Å². The van der Waals surface area contributed by atoms with Crippen molar-refractivity contribution in [2.75, 3.05) is 6.54 Å². The van der Waals surface area contributed by atoms with E-state index < -0.39 is 0 Å². The minimum atomic E-state index is 0.0718. The van der Waals surface area contributed by atoms with Crippen molar-refractivity contribution in [2.24, 2.45) is 17.3 Å². The number of hydrogen-bond donors (Lipinski definition) is 1. The lowest BCUT2D eigenvalue weighted by Crippen LogP contribution is -2.28. The molecule has 1 N–H and O–H groups in total. The molecule has 1 aliphatic rings. The van der Waals surface area contributed by atoms with Gasteiger partial charge in [-0.15, -0.1) is 0 Å². The highest BCUT2D eigenvalue weighted by Crippen LogP contribution is 2.59. The number of para-hydroxylation sites is 1. The van der Waals surface area contributed by atoms with Gasteiger partial charge in [-0.05, 0) is 43.2 Å². The van der Waals surface area contributed by atoms with Gasteiger partial charge in [0.25, 0.3) is 0 Å². The topological polar surface area (TPSA) is 42.0 Å². The molecule has 0 saturated heterocycles. The first-order valence-corrected chi connectivity index (χ1v) is 8.66. The van der Waals surface area contributed by atoms with E-state index >= 15 is 0 Å². The molecule has 0 aliphatic heterocycles. The molecule has 2 aromatic rings. The van der Waals surface area contributed by atoms with E-state index in [2.05, 4.69) is 68.3 Å². The molecule has 24 heavy (non-hydrogen) atoms.